The fourth-order valence-corrected chi connectivity index (χ4v) is 1.88. The van der Waals surface area contributed by atoms with E-state index in [2.05, 4.69) is 30.9 Å². The molecule has 0 bridgehead atoms. The third-order valence-corrected chi connectivity index (χ3v) is 2.88. The van der Waals surface area contributed by atoms with Gasteiger partial charge in [0.25, 0.3) is 0 Å². The molecule has 0 amide bonds. The largest absolute Gasteiger partial charge is 0.376 e. The number of rotatable bonds is 4. The normalized spacial score (nSPS) is 11.5. The Morgan fingerprint density at radius 2 is 1.90 bits per heavy atom. The van der Waals surface area contributed by atoms with Crippen LogP contribution < -0.4 is 0 Å². The van der Waals surface area contributed by atoms with Crippen LogP contribution in [-0.2, 0) is 11.3 Å². The van der Waals surface area contributed by atoms with E-state index in [1.165, 1.54) is 5.56 Å². The van der Waals surface area contributed by atoms with Crippen molar-refractivity contribution >= 4 is 0 Å². The second kappa shape index (κ2) is 7.49. The lowest BCUT2D eigenvalue weighted by Gasteiger charge is -2.03. The molecule has 0 spiro atoms. The van der Waals surface area contributed by atoms with E-state index in [1.807, 2.05) is 42.5 Å². The van der Waals surface area contributed by atoms with E-state index in [0.29, 0.717) is 13.2 Å². The average Bonchev–Trinajstić information content (AvgIpc) is 2.48. The summed E-state index contributed by atoms with van der Waals surface area (Å²) in [5.41, 5.74) is 3.16. The number of aliphatic hydroxyl groups is 1. The van der Waals surface area contributed by atoms with Gasteiger partial charge in [-0.1, -0.05) is 72.0 Å². The molecule has 0 saturated carbocycles. The fraction of sp³-hybridized carbons (Fsp3) is 0.222. The Kier molecular flexibility index (Phi) is 5.37. The molecule has 1 N–H and O–H groups in total. The van der Waals surface area contributed by atoms with Crippen molar-refractivity contribution in [3.05, 3.63) is 71.3 Å². The Labute approximate surface area is 120 Å². The molecule has 2 rings (SSSR count). The van der Waals surface area contributed by atoms with Gasteiger partial charge >= 0.3 is 0 Å². The van der Waals surface area contributed by atoms with Crippen molar-refractivity contribution in [1.29, 1.82) is 0 Å². The molecule has 1 atom stereocenters. The van der Waals surface area contributed by atoms with Gasteiger partial charge in [-0.25, -0.2) is 0 Å². The van der Waals surface area contributed by atoms with Crippen LogP contribution in [0.25, 0.3) is 0 Å². The molecule has 2 nitrogen and oxygen atoms in total. The summed E-state index contributed by atoms with van der Waals surface area (Å²) in [4.78, 5) is 0. The lowest BCUT2D eigenvalue weighted by Crippen LogP contribution is -1.96. The maximum absolute atomic E-state index is 9.84. The summed E-state index contributed by atoms with van der Waals surface area (Å²) < 4.78 is 5.48. The monoisotopic (exact) mass is 266 g/mol. The smallest absolute Gasteiger partial charge is 0.140 e. The van der Waals surface area contributed by atoms with Crippen LogP contribution in [0.1, 0.15) is 22.8 Å². The highest BCUT2D eigenvalue weighted by molar-refractivity contribution is 5.25. The first-order valence-electron chi connectivity index (χ1n) is 6.60. The van der Waals surface area contributed by atoms with Gasteiger partial charge in [0.15, 0.2) is 0 Å². The molecule has 0 aliphatic carbocycles. The Hall–Kier alpha value is -2.08. The van der Waals surface area contributed by atoms with Crippen LogP contribution in [0.15, 0.2) is 54.6 Å². The molecule has 0 heterocycles. The van der Waals surface area contributed by atoms with Crippen LogP contribution >= 0.6 is 0 Å². The van der Waals surface area contributed by atoms with E-state index in [0.717, 1.165) is 11.1 Å². The molecule has 0 saturated heterocycles. The first-order chi connectivity index (χ1) is 9.75. The molecule has 1 unspecified atom stereocenters. The summed E-state index contributed by atoms with van der Waals surface area (Å²) in [6, 6.07) is 17.6. The summed E-state index contributed by atoms with van der Waals surface area (Å²) in [7, 11) is 0. The fourth-order valence-electron chi connectivity index (χ4n) is 1.88. The van der Waals surface area contributed by atoms with Gasteiger partial charge in [-0.15, -0.1) is 0 Å². The Balaban J connectivity index is 1.78. The molecular weight excluding hydrogens is 248 g/mol. The van der Waals surface area contributed by atoms with E-state index in [-0.39, 0.29) is 0 Å². The quantitative estimate of drug-likeness (QED) is 0.680. The van der Waals surface area contributed by atoms with Crippen LogP contribution in [0.3, 0.4) is 0 Å². The molecule has 20 heavy (non-hydrogen) atoms. The first kappa shape index (κ1) is 14.3. The summed E-state index contributed by atoms with van der Waals surface area (Å²) in [6.07, 6.45) is -0.751. The second-order valence-electron chi connectivity index (χ2n) is 4.62. The minimum Gasteiger partial charge on any atom is -0.376 e. The minimum atomic E-state index is -0.751. The van der Waals surface area contributed by atoms with Crippen LogP contribution in [0.5, 0.6) is 0 Å². The maximum atomic E-state index is 9.84. The maximum Gasteiger partial charge on any atom is 0.140 e. The zero-order valence-electron chi connectivity index (χ0n) is 11.5. The average molecular weight is 266 g/mol. The molecule has 0 aliphatic rings. The predicted octanol–water partition coefficient (Wildman–Crippen LogP) is 3.25. The number of ether oxygens (including phenoxy) is 1. The molecule has 2 heteroatoms. The van der Waals surface area contributed by atoms with Gasteiger partial charge in [0.05, 0.1) is 6.61 Å². The van der Waals surface area contributed by atoms with Crippen molar-refractivity contribution in [2.45, 2.75) is 19.6 Å². The molecule has 2 aromatic rings. The Bertz CT molecular complexity index is 594. The number of benzene rings is 2. The third-order valence-electron chi connectivity index (χ3n) is 2.88. The standard InChI is InChI=1S/C18H18O2/c1-15-7-5-8-16(13-15)14-20-12-6-11-18(19)17-9-3-2-4-10-17/h2-5,7-10,13,18-19H,12,14H2,1H3. The van der Waals surface area contributed by atoms with E-state index in [4.69, 9.17) is 4.74 Å². The molecule has 0 aliphatic heterocycles. The number of hydrogen-bond acceptors (Lipinski definition) is 2. The highest BCUT2D eigenvalue weighted by atomic mass is 16.5. The van der Waals surface area contributed by atoms with Gasteiger partial charge < -0.3 is 9.84 Å². The zero-order chi connectivity index (χ0) is 14.2. The first-order valence-corrected chi connectivity index (χ1v) is 6.60. The van der Waals surface area contributed by atoms with Gasteiger partial charge in [0.2, 0.25) is 0 Å². The number of hydrogen-bond donors (Lipinski definition) is 1. The predicted molar refractivity (Wildman–Crippen MR) is 80.0 cm³/mol. The van der Waals surface area contributed by atoms with Crippen LogP contribution in [0.2, 0.25) is 0 Å². The molecule has 0 fully saturated rings. The molecular formula is C18H18O2. The van der Waals surface area contributed by atoms with E-state index < -0.39 is 6.10 Å². The van der Waals surface area contributed by atoms with Crippen molar-refractivity contribution in [2.75, 3.05) is 6.61 Å². The lowest BCUT2D eigenvalue weighted by molar-refractivity contribution is 0.153. The topological polar surface area (TPSA) is 29.5 Å². The summed E-state index contributed by atoms with van der Waals surface area (Å²) in [6.45, 7) is 2.91. The summed E-state index contributed by atoms with van der Waals surface area (Å²) in [5, 5.41) is 9.84. The van der Waals surface area contributed by atoms with Gasteiger partial charge in [0, 0.05) is 0 Å². The molecule has 0 radical (unpaired) electrons. The van der Waals surface area contributed by atoms with E-state index in [1.54, 1.807) is 0 Å². The highest BCUT2D eigenvalue weighted by Crippen LogP contribution is 2.10. The summed E-state index contributed by atoms with van der Waals surface area (Å²) >= 11 is 0. The lowest BCUT2D eigenvalue weighted by atomic mass is 10.1. The highest BCUT2D eigenvalue weighted by Gasteiger charge is 2.00. The van der Waals surface area contributed by atoms with Gasteiger partial charge in [-0.3, -0.25) is 0 Å². The molecule has 0 aromatic heterocycles. The second-order valence-corrected chi connectivity index (χ2v) is 4.62. The SMILES string of the molecule is Cc1cccc(COCC#CC(O)c2ccccc2)c1. The Morgan fingerprint density at radius 3 is 2.65 bits per heavy atom. The minimum absolute atomic E-state index is 0.317. The third kappa shape index (κ3) is 4.55. The van der Waals surface area contributed by atoms with Gasteiger partial charge in [-0.2, -0.15) is 0 Å². The molecule has 2 aromatic carbocycles. The van der Waals surface area contributed by atoms with Crippen LogP contribution in [-0.4, -0.2) is 11.7 Å². The zero-order valence-corrected chi connectivity index (χ0v) is 11.5. The van der Waals surface area contributed by atoms with Crippen molar-refractivity contribution < 1.29 is 9.84 Å². The van der Waals surface area contributed by atoms with Crippen molar-refractivity contribution in [3.8, 4) is 11.8 Å². The van der Waals surface area contributed by atoms with Crippen molar-refractivity contribution in [2.24, 2.45) is 0 Å². The van der Waals surface area contributed by atoms with Gasteiger partial charge in [0.1, 0.15) is 12.7 Å². The van der Waals surface area contributed by atoms with Gasteiger partial charge in [-0.05, 0) is 18.1 Å². The van der Waals surface area contributed by atoms with E-state index in [9.17, 15) is 5.11 Å². The van der Waals surface area contributed by atoms with Crippen LogP contribution in [0, 0.1) is 18.8 Å². The summed E-state index contributed by atoms with van der Waals surface area (Å²) in [5.74, 6) is 5.62. The Morgan fingerprint density at radius 1 is 1.10 bits per heavy atom. The van der Waals surface area contributed by atoms with Crippen molar-refractivity contribution in [1.82, 2.24) is 0 Å². The molecule has 102 valence electrons. The number of aliphatic hydroxyl groups excluding tert-OH is 1. The van der Waals surface area contributed by atoms with E-state index >= 15 is 0 Å². The van der Waals surface area contributed by atoms with Crippen molar-refractivity contribution in [3.63, 3.8) is 0 Å². The number of aryl methyl sites for hydroxylation is 1. The van der Waals surface area contributed by atoms with Crippen LogP contribution in [0.4, 0.5) is 0 Å².